The van der Waals surface area contributed by atoms with Crippen LogP contribution in [0.15, 0.2) is 41.1 Å². The van der Waals surface area contributed by atoms with Gasteiger partial charge in [-0.1, -0.05) is 12.1 Å². The van der Waals surface area contributed by atoms with Crippen LogP contribution in [0.2, 0.25) is 0 Å². The number of hydrogen-bond donors (Lipinski definition) is 0. The van der Waals surface area contributed by atoms with Gasteiger partial charge in [0.1, 0.15) is 5.75 Å². The molecule has 0 fully saturated rings. The lowest BCUT2D eigenvalue weighted by atomic mass is 10.2. The summed E-state index contributed by atoms with van der Waals surface area (Å²) >= 11 is 3.35. The van der Waals surface area contributed by atoms with Gasteiger partial charge in [0, 0.05) is 18.9 Å². The molecule has 0 bridgehead atoms. The summed E-state index contributed by atoms with van der Waals surface area (Å²) in [7, 11) is 0. The second-order valence-corrected chi connectivity index (χ2v) is 4.94. The summed E-state index contributed by atoms with van der Waals surface area (Å²) in [5.74, 6) is 1.60. The number of anilines is 2. The Hall–Kier alpha value is -1.62. The molecule has 18 heavy (non-hydrogen) atoms. The van der Waals surface area contributed by atoms with E-state index in [0.717, 1.165) is 35.5 Å². The molecule has 2 aromatic rings. The summed E-state index contributed by atoms with van der Waals surface area (Å²) < 4.78 is 6.60. The molecular formula is C13H12BrN3O. The third-order valence-corrected chi connectivity index (χ3v) is 3.20. The van der Waals surface area contributed by atoms with Crippen LogP contribution in [0.3, 0.4) is 0 Å². The Morgan fingerprint density at radius 1 is 1.17 bits per heavy atom. The van der Waals surface area contributed by atoms with E-state index in [2.05, 4.69) is 30.8 Å². The highest BCUT2D eigenvalue weighted by Gasteiger charge is 2.19. The van der Waals surface area contributed by atoms with Crippen LogP contribution in [0, 0.1) is 0 Å². The van der Waals surface area contributed by atoms with Crippen molar-refractivity contribution < 1.29 is 4.74 Å². The summed E-state index contributed by atoms with van der Waals surface area (Å²) in [4.78, 5) is 10.8. The molecule has 0 aliphatic carbocycles. The van der Waals surface area contributed by atoms with Crippen molar-refractivity contribution >= 4 is 27.6 Å². The molecule has 3 rings (SSSR count). The van der Waals surface area contributed by atoms with Crippen molar-refractivity contribution in [2.75, 3.05) is 18.1 Å². The van der Waals surface area contributed by atoms with Gasteiger partial charge in [0.15, 0.2) is 0 Å². The highest BCUT2D eigenvalue weighted by atomic mass is 79.9. The minimum absolute atomic E-state index is 0.705. The second-order valence-electron chi connectivity index (χ2n) is 4.02. The van der Waals surface area contributed by atoms with E-state index >= 15 is 0 Å². The van der Waals surface area contributed by atoms with Gasteiger partial charge in [0.25, 0.3) is 0 Å². The molecule has 0 unspecified atom stereocenters. The van der Waals surface area contributed by atoms with Gasteiger partial charge in [-0.25, -0.2) is 9.97 Å². The van der Waals surface area contributed by atoms with Gasteiger partial charge in [0.05, 0.1) is 16.8 Å². The normalized spacial score (nSPS) is 14.6. The Kier molecular flexibility index (Phi) is 3.15. The fourth-order valence-corrected chi connectivity index (χ4v) is 2.18. The third kappa shape index (κ3) is 2.18. The van der Waals surface area contributed by atoms with Crippen molar-refractivity contribution in [3.8, 4) is 5.75 Å². The van der Waals surface area contributed by atoms with E-state index in [9.17, 15) is 0 Å². The number of halogens is 1. The van der Waals surface area contributed by atoms with E-state index in [1.807, 2.05) is 24.3 Å². The van der Waals surface area contributed by atoms with Gasteiger partial charge in [0.2, 0.25) is 5.95 Å². The highest BCUT2D eigenvalue weighted by molar-refractivity contribution is 9.10. The lowest BCUT2D eigenvalue weighted by molar-refractivity contribution is 0.322. The zero-order chi connectivity index (χ0) is 12.4. The Labute approximate surface area is 114 Å². The van der Waals surface area contributed by atoms with Gasteiger partial charge in [-0.15, -0.1) is 0 Å². The molecule has 1 aromatic carbocycles. The number of fused-ring (bicyclic) bond motifs is 1. The van der Waals surface area contributed by atoms with Crippen molar-refractivity contribution in [2.45, 2.75) is 6.42 Å². The Balaban J connectivity index is 2.03. The summed E-state index contributed by atoms with van der Waals surface area (Å²) in [6.45, 7) is 1.59. The van der Waals surface area contributed by atoms with E-state index < -0.39 is 0 Å². The molecule has 0 spiro atoms. The fourth-order valence-electron chi connectivity index (χ4n) is 1.98. The van der Waals surface area contributed by atoms with E-state index in [1.54, 1.807) is 12.4 Å². The molecule has 0 atom stereocenters. The predicted octanol–water partition coefficient (Wildman–Crippen LogP) is 3.16. The molecule has 0 N–H and O–H groups in total. The van der Waals surface area contributed by atoms with Crippen LogP contribution in [0.25, 0.3) is 0 Å². The van der Waals surface area contributed by atoms with Crippen molar-refractivity contribution in [3.05, 3.63) is 41.1 Å². The first kappa shape index (κ1) is 11.5. The first-order valence-electron chi connectivity index (χ1n) is 5.81. The second kappa shape index (κ2) is 4.94. The monoisotopic (exact) mass is 305 g/mol. The smallest absolute Gasteiger partial charge is 0.229 e. The number of hydrogen-bond acceptors (Lipinski definition) is 4. The zero-order valence-electron chi connectivity index (χ0n) is 9.71. The zero-order valence-corrected chi connectivity index (χ0v) is 11.3. The van der Waals surface area contributed by atoms with Crippen LogP contribution in [-0.4, -0.2) is 23.1 Å². The lowest BCUT2D eigenvalue weighted by Crippen LogP contribution is -2.19. The molecule has 0 amide bonds. The molecule has 0 saturated heterocycles. The lowest BCUT2D eigenvalue weighted by Gasteiger charge is -2.21. The van der Waals surface area contributed by atoms with Crippen LogP contribution >= 0.6 is 15.9 Å². The topological polar surface area (TPSA) is 38.2 Å². The van der Waals surface area contributed by atoms with Crippen molar-refractivity contribution in [1.82, 2.24) is 9.97 Å². The number of para-hydroxylation sites is 2. The van der Waals surface area contributed by atoms with Gasteiger partial charge < -0.3 is 9.64 Å². The van der Waals surface area contributed by atoms with E-state index in [0.29, 0.717) is 5.95 Å². The van der Waals surface area contributed by atoms with Gasteiger partial charge in [-0.05, 0) is 34.5 Å². The third-order valence-electron chi connectivity index (χ3n) is 2.79. The number of ether oxygens (including phenoxy) is 1. The van der Waals surface area contributed by atoms with Crippen LogP contribution in [0.1, 0.15) is 6.42 Å². The average Bonchev–Trinajstić information content (AvgIpc) is 2.62. The number of rotatable bonds is 1. The highest BCUT2D eigenvalue weighted by Crippen LogP contribution is 2.34. The Bertz CT molecular complexity index is 544. The number of aromatic nitrogens is 2. The first-order chi connectivity index (χ1) is 8.84. The van der Waals surface area contributed by atoms with Crippen molar-refractivity contribution in [1.29, 1.82) is 0 Å². The minimum Gasteiger partial charge on any atom is -0.491 e. The van der Waals surface area contributed by atoms with Gasteiger partial charge >= 0.3 is 0 Å². The van der Waals surface area contributed by atoms with Gasteiger partial charge in [-0.3, -0.25) is 0 Å². The molecular weight excluding hydrogens is 294 g/mol. The molecule has 92 valence electrons. The minimum atomic E-state index is 0.705. The van der Waals surface area contributed by atoms with Gasteiger partial charge in [-0.2, -0.15) is 0 Å². The number of nitrogens with zero attached hydrogens (tertiary/aromatic N) is 3. The molecule has 1 aliphatic rings. The van der Waals surface area contributed by atoms with Crippen molar-refractivity contribution in [2.24, 2.45) is 0 Å². The van der Waals surface area contributed by atoms with Crippen LogP contribution in [0.4, 0.5) is 11.6 Å². The predicted molar refractivity (Wildman–Crippen MR) is 73.3 cm³/mol. The maximum absolute atomic E-state index is 5.72. The largest absolute Gasteiger partial charge is 0.491 e. The summed E-state index contributed by atoms with van der Waals surface area (Å²) in [5.41, 5.74) is 1.03. The maximum atomic E-state index is 5.72. The molecule has 2 heterocycles. The molecule has 4 nitrogen and oxygen atoms in total. The first-order valence-corrected chi connectivity index (χ1v) is 6.61. The SMILES string of the molecule is Brc1cnc(N2CCCOc3ccccc32)nc1. The molecule has 0 radical (unpaired) electrons. The Morgan fingerprint density at radius 2 is 1.94 bits per heavy atom. The quantitative estimate of drug-likeness (QED) is 0.811. The van der Waals surface area contributed by atoms with E-state index in [-0.39, 0.29) is 0 Å². The number of benzene rings is 1. The average molecular weight is 306 g/mol. The summed E-state index contributed by atoms with van der Waals surface area (Å²) in [5, 5.41) is 0. The molecule has 1 aliphatic heterocycles. The van der Waals surface area contributed by atoms with E-state index in [1.165, 1.54) is 0 Å². The molecule has 0 saturated carbocycles. The van der Waals surface area contributed by atoms with Crippen LogP contribution in [-0.2, 0) is 0 Å². The maximum Gasteiger partial charge on any atom is 0.229 e. The summed E-state index contributed by atoms with van der Waals surface area (Å²) in [6, 6.07) is 7.99. The Morgan fingerprint density at radius 3 is 2.78 bits per heavy atom. The molecule has 5 heteroatoms. The van der Waals surface area contributed by atoms with Crippen LogP contribution < -0.4 is 9.64 Å². The summed E-state index contributed by atoms with van der Waals surface area (Å²) in [6.07, 6.45) is 4.47. The van der Waals surface area contributed by atoms with E-state index in [4.69, 9.17) is 4.74 Å². The van der Waals surface area contributed by atoms with Crippen molar-refractivity contribution in [3.63, 3.8) is 0 Å². The van der Waals surface area contributed by atoms with Crippen LogP contribution in [0.5, 0.6) is 5.75 Å². The molecule has 1 aromatic heterocycles. The fraction of sp³-hybridized carbons (Fsp3) is 0.231. The standard InChI is InChI=1S/C13H12BrN3O/c14-10-8-15-13(16-9-10)17-6-3-7-18-12-5-2-1-4-11(12)17/h1-2,4-5,8-9H,3,6-7H2.